The Kier molecular flexibility index (Phi) is 5.53. The van der Waals surface area contributed by atoms with Crippen LogP contribution in [0.1, 0.15) is 0 Å². The molecule has 1 fully saturated rings. The van der Waals surface area contributed by atoms with Crippen LogP contribution >= 0.6 is 0 Å². The summed E-state index contributed by atoms with van der Waals surface area (Å²) >= 11 is 0. The van der Waals surface area contributed by atoms with Gasteiger partial charge in [0.2, 0.25) is 0 Å². The number of H-pyrrole nitrogens is 1. The zero-order valence-electron chi connectivity index (χ0n) is 17.1. The van der Waals surface area contributed by atoms with Gasteiger partial charge < -0.3 is 24.7 Å². The zero-order valence-corrected chi connectivity index (χ0v) is 17.1. The second-order valence-corrected chi connectivity index (χ2v) is 7.77. The summed E-state index contributed by atoms with van der Waals surface area (Å²) in [6, 6.07) is 13.5. The van der Waals surface area contributed by atoms with Crippen LogP contribution in [0.5, 0.6) is 6.01 Å². The fourth-order valence-corrected chi connectivity index (χ4v) is 3.94. The lowest BCUT2D eigenvalue weighted by molar-refractivity contribution is -0.00390. The minimum absolute atomic E-state index is 0.0171. The quantitative estimate of drug-likeness (QED) is 0.425. The van der Waals surface area contributed by atoms with Gasteiger partial charge in [-0.05, 0) is 28.8 Å². The Bertz CT molecular complexity index is 1310. The molecule has 33 heavy (non-hydrogen) atoms. The number of aromatic nitrogens is 2. The molecule has 0 spiro atoms. The topological polar surface area (TPSA) is 87.6 Å². The Hall–Kier alpha value is -3.40. The highest BCUT2D eigenvalue weighted by Gasteiger charge is 2.37. The molecule has 1 aliphatic heterocycles. The first-order chi connectivity index (χ1) is 15.9. The molecule has 0 radical (unpaired) electrons. The molecule has 2 unspecified atom stereocenters. The second-order valence-electron chi connectivity index (χ2n) is 7.77. The summed E-state index contributed by atoms with van der Waals surface area (Å²) in [7, 11) is 0. The van der Waals surface area contributed by atoms with E-state index in [1.807, 2.05) is 0 Å². The van der Waals surface area contributed by atoms with Crippen LogP contribution in [0.3, 0.4) is 0 Å². The molecular formula is C24H19F3N2O4. The van der Waals surface area contributed by atoms with E-state index in [1.54, 1.807) is 36.4 Å². The molecule has 3 N–H and O–H groups in total. The van der Waals surface area contributed by atoms with E-state index in [9.17, 15) is 13.9 Å². The number of aliphatic hydroxyl groups excluding tert-OH is 2. The van der Waals surface area contributed by atoms with Crippen molar-refractivity contribution in [3.05, 3.63) is 72.0 Å². The van der Waals surface area contributed by atoms with Gasteiger partial charge in [-0.25, -0.2) is 13.2 Å². The van der Waals surface area contributed by atoms with Crippen molar-refractivity contribution in [3.8, 4) is 28.3 Å². The molecule has 3 aromatic carbocycles. The average Bonchev–Trinajstić information content (AvgIpc) is 3.37. The van der Waals surface area contributed by atoms with Crippen LogP contribution in [0.4, 0.5) is 13.2 Å². The van der Waals surface area contributed by atoms with Crippen molar-refractivity contribution in [2.75, 3.05) is 13.2 Å². The van der Waals surface area contributed by atoms with Crippen molar-refractivity contribution >= 4 is 11.0 Å². The Morgan fingerprint density at radius 2 is 1.79 bits per heavy atom. The molecule has 9 heteroatoms. The highest BCUT2D eigenvalue weighted by atomic mass is 19.1. The summed E-state index contributed by atoms with van der Waals surface area (Å²) < 4.78 is 54.4. The molecule has 5 rings (SSSR count). The highest BCUT2D eigenvalue weighted by molar-refractivity contribution is 5.84. The lowest BCUT2D eigenvalue weighted by Gasteiger charge is -2.15. The smallest absolute Gasteiger partial charge is 0.295 e. The molecule has 0 bridgehead atoms. The highest BCUT2D eigenvalue weighted by Crippen LogP contribution is 2.33. The van der Waals surface area contributed by atoms with Crippen molar-refractivity contribution in [3.63, 3.8) is 0 Å². The van der Waals surface area contributed by atoms with Gasteiger partial charge in [-0.2, -0.15) is 4.98 Å². The van der Waals surface area contributed by atoms with Gasteiger partial charge in [-0.3, -0.25) is 0 Å². The van der Waals surface area contributed by atoms with Gasteiger partial charge in [0, 0.05) is 6.07 Å². The normalized spacial score (nSPS) is 20.5. The Balaban J connectivity index is 1.45. The van der Waals surface area contributed by atoms with Crippen molar-refractivity contribution < 1.29 is 32.9 Å². The van der Waals surface area contributed by atoms with E-state index >= 15 is 4.39 Å². The summed E-state index contributed by atoms with van der Waals surface area (Å²) in [5.41, 5.74) is 1.36. The van der Waals surface area contributed by atoms with Gasteiger partial charge in [0.15, 0.2) is 11.9 Å². The minimum atomic E-state index is -1.09. The van der Waals surface area contributed by atoms with Crippen molar-refractivity contribution in [2.24, 2.45) is 0 Å². The number of nitrogens with one attached hydrogen (secondary N) is 1. The standard InChI is InChI=1S/C24H19F3N2O4/c25-15-3-1-2-14(8-15)12-4-6-13(7-5-12)20-16(26)9-17-22(21(20)27)29-24(28-17)33-19-11-32-18(10-30)23(19)31/h1-9,18-19,23,30-31H,10-11H2,(H,28,29)/t18-,19?,23?/m1/s1. The maximum Gasteiger partial charge on any atom is 0.295 e. The molecule has 0 amide bonds. The maximum absolute atomic E-state index is 15.3. The summed E-state index contributed by atoms with van der Waals surface area (Å²) in [5, 5.41) is 19.3. The average molecular weight is 456 g/mol. The van der Waals surface area contributed by atoms with Gasteiger partial charge in [-0.15, -0.1) is 0 Å². The van der Waals surface area contributed by atoms with Crippen LogP contribution in [0.25, 0.3) is 33.3 Å². The number of nitrogens with zero attached hydrogens (tertiary/aromatic N) is 1. The van der Waals surface area contributed by atoms with Gasteiger partial charge in [-0.1, -0.05) is 36.4 Å². The van der Waals surface area contributed by atoms with Crippen LogP contribution in [-0.4, -0.2) is 51.7 Å². The fraction of sp³-hybridized carbons (Fsp3) is 0.208. The van der Waals surface area contributed by atoms with Crippen LogP contribution in [-0.2, 0) is 4.74 Å². The molecule has 0 aliphatic carbocycles. The predicted octanol–water partition coefficient (Wildman–Crippen LogP) is 3.81. The monoisotopic (exact) mass is 456 g/mol. The predicted molar refractivity (Wildman–Crippen MR) is 114 cm³/mol. The molecule has 1 aliphatic rings. The number of fused-ring (bicyclic) bond motifs is 1. The Morgan fingerprint density at radius 1 is 1.03 bits per heavy atom. The molecular weight excluding hydrogens is 437 g/mol. The number of hydrogen-bond acceptors (Lipinski definition) is 5. The summed E-state index contributed by atoms with van der Waals surface area (Å²) in [6.07, 6.45) is -2.68. The molecule has 4 aromatic rings. The third-order valence-electron chi connectivity index (χ3n) is 5.66. The Labute approximate surface area is 186 Å². The van der Waals surface area contributed by atoms with Crippen molar-refractivity contribution in [2.45, 2.75) is 18.3 Å². The number of imidazole rings is 1. The molecule has 1 aromatic heterocycles. The number of rotatable bonds is 5. The van der Waals surface area contributed by atoms with Gasteiger partial charge in [0.1, 0.15) is 29.4 Å². The number of benzene rings is 3. The number of aliphatic hydroxyl groups is 2. The van der Waals surface area contributed by atoms with Crippen LogP contribution in [0.15, 0.2) is 54.6 Å². The third-order valence-corrected chi connectivity index (χ3v) is 5.66. The van der Waals surface area contributed by atoms with Gasteiger partial charge in [0.25, 0.3) is 6.01 Å². The minimum Gasteiger partial charge on any atom is -0.456 e. The molecule has 1 saturated heterocycles. The molecule has 6 nitrogen and oxygen atoms in total. The fourth-order valence-electron chi connectivity index (χ4n) is 3.94. The first-order valence-electron chi connectivity index (χ1n) is 10.3. The lowest BCUT2D eigenvalue weighted by atomic mass is 9.99. The maximum atomic E-state index is 15.3. The van der Waals surface area contributed by atoms with Crippen LogP contribution < -0.4 is 4.74 Å². The molecule has 170 valence electrons. The van der Waals surface area contributed by atoms with Crippen molar-refractivity contribution in [1.82, 2.24) is 9.97 Å². The third kappa shape index (κ3) is 3.95. The van der Waals surface area contributed by atoms with E-state index in [-0.39, 0.29) is 41.6 Å². The van der Waals surface area contributed by atoms with E-state index in [4.69, 9.17) is 14.6 Å². The number of hydrogen-bond donors (Lipinski definition) is 3. The summed E-state index contributed by atoms with van der Waals surface area (Å²) in [6.45, 7) is -0.356. The Morgan fingerprint density at radius 3 is 2.48 bits per heavy atom. The van der Waals surface area contributed by atoms with E-state index in [1.165, 1.54) is 12.1 Å². The van der Waals surface area contributed by atoms with Crippen LogP contribution in [0, 0.1) is 17.5 Å². The first-order valence-corrected chi connectivity index (χ1v) is 10.3. The summed E-state index contributed by atoms with van der Waals surface area (Å²) in [5.74, 6) is -2.04. The van der Waals surface area contributed by atoms with Crippen LogP contribution in [0.2, 0.25) is 0 Å². The molecule has 0 saturated carbocycles. The SMILES string of the molecule is OC[C@H]1OCC(Oc2nc3c(F)c(-c4ccc(-c5cccc(F)c5)cc4)c(F)cc3[nH]2)C1O. The largest absolute Gasteiger partial charge is 0.456 e. The van der Waals surface area contributed by atoms with E-state index < -0.39 is 29.9 Å². The second kappa shape index (κ2) is 8.51. The number of ether oxygens (including phenoxy) is 2. The number of aromatic amines is 1. The van der Waals surface area contributed by atoms with E-state index in [2.05, 4.69) is 9.97 Å². The number of halogens is 3. The first kappa shape index (κ1) is 21.4. The van der Waals surface area contributed by atoms with Gasteiger partial charge in [0.05, 0.1) is 24.3 Å². The zero-order chi connectivity index (χ0) is 23.1. The van der Waals surface area contributed by atoms with Gasteiger partial charge >= 0.3 is 0 Å². The lowest BCUT2D eigenvalue weighted by Crippen LogP contribution is -2.36. The van der Waals surface area contributed by atoms with E-state index in [0.29, 0.717) is 16.7 Å². The summed E-state index contributed by atoms with van der Waals surface area (Å²) in [4.78, 5) is 6.77. The van der Waals surface area contributed by atoms with Crippen molar-refractivity contribution in [1.29, 1.82) is 0 Å². The molecule has 2 heterocycles. The van der Waals surface area contributed by atoms with E-state index in [0.717, 1.165) is 6.07 Å². The molecule has 3 atom stereocenters.